The van der Waals surface area contributed by atoms with E-state index in [4.69, 9.17) is 0 Å². The molecule has 2 atom stereocenters. The summed E-state index contributed by atoms with van der Waals surface area (Å²) >= 11 is 3.50. The van der Waals surface area contributed by atoms with E-state index in [0.29, 0.717) is 6.54 Å². The third kappa shape index (κ3) is 3.07. The number of carboxylic acid groups (broad SMARTS) is 1. The fraction of sp³-hybridized carbons (Fsp3) is 0.562. The Morgan fingerprint density at radius 2 is 2.30 bits per heavy atom. The van der Waals surface area contributed by atoms with Gasteiger partial charge in [0.2, 0.25) is 0 Å². The number of rotatable bonds is 5. The predicted octanol–water partition coefficient (Wildman–Crippen LogP) is 4.09. The van der Waals surface area contributed by atoms with Gasteiger partial charge in [0.1, 0.15) is 0 Å². The number of benzene rings is 1. The van der Waals surface area contributed by atoms with E-state index in [9.17, 15) is 9.90 Å². The Labute approximate surface area is 129 Å². The van der Waals surface area contributed by atoms with Gasteiger partial charge in [-0.15, -0.1) is 0 Å². The molecule has 2 unspecified atom stereocenters. The van der Waals surface area contributed by atoms with Crippen LogP contribution in [0.4, 0.5) is 0 Å². The summed E-state index contributed by atoms with van der Waals surface area (Å²) in [6, 6.07) is 8.52. The molecule has 0 aromatic heterocycles. The number of nitrogens with zero attached hydrogens (tertiary/aromatic N) is 1. The van der Waals surface area contributed by atoms with Gasteiger partial charge in [-0.2, -0.15) is 0 Å². The van der Waals surface area contributed by atoms with Crippen LogP contribution in [0.5, 0.6) is 0 Å². The molecule has 0 aliphatic carbocycles. The lowest BCUT2D eigenvalue weighted by molar-refractivity contribution is -0.148. The van der Waals surface area contributed by atoms with Crippen molar-refractivity contribution in [2.45, 2.75) is 39.2 Å². The molecule has 1 aromatic carbocycles. The summed E-state index contributed by atoms with van der Waals surface area (Å²) in [5.41, 5.74) is 0.687. The van der Waals surface area contributed by atoms with Crippen LogP contribution in [0.15, 0.2) is 28.7 Å². The molecule has 1 aliphatic rings. The molecule has 1 saturated heterocycles. The molecule has 2 rings (SSSR count). The van der Waals surface area contributed by atoms with Gasteiger partial charge >= 0.3 is 5.97 Å². The van der Waals surface area contributed by atoms with Crippen molar-refractivity contribution in [3.05, 3.63) is 34.3 Å². The first-order chi connectivity index (χ1) is 9.48. The number of aliphatic carboxylic acids is 1. The van der Waals surface area contributed by atoms with Crippen LogP contribution in [0.3, 0.4) is 0 Å². The zero-order chi connectivity index (χ0) is 14.8. The first-order valence-electron chi connectivity index (χ1n) is 7.21. The standard InChI is InChI=1S/C16H22BrNO2/c1-3-7-16(15(19)20)8-9-18(11-16)12(2)13-5-4-6-14(17)10-13/h4-6,10,12H,3,7-9,11H2,1-2H3,(H,19,20). The normalized spacial score (nSPS) is 24.8. The van der Waals surface area contributed by atoms with Crippen LogP contribution < -0.4 is 0 Å². The monoisotopic (exact) mass is 339 g/mol. The zero-order valence-corrected chi connectivity index (χ0v) is 13.7. The van der Waals surface area contributed by atoms with E-state index in [1.807, 2.05) is 12.1 Å². The van der Waals surface area contributed by atoms with E-state index in [1.54, 1.807) is 0 Å². The van der Waals surface area contributed by atoms with Crippen molar-refractivity contribution in [2.75, 3.05) is 13.1 Å². The molecule has 0 radical (unpaired) electrons. The minimum atomic E-state index is -0.636. The smallest absolute Gasteiger partial charge is 0.310 e. The molecule has 3 nitrogen and oxygen atoms in total. The Morgan fingerprint density at radius 1 is 1.55 bits per heavy atom. The Hall–Kier alpha value is -0.870. The predicted molar refractivity (Wildman–Crippen MR) is 83.7 cm³/mol. The zero-order valence-electron chi connectivity index (χ0n) is 12.1. The Bertz CT molecular complexity index is 491. The lowest BCUT2D eigenvalue weighted by Gasteiger charge is -2.28. The quantitative estimate of drug-likeness (QED) is 0.878. The largest absolute Gasteiger partial charge is 0.481 e. The van der Waals surface area contributed by atoms with Crippen LogP contribution in [0, 0.1) is 5.41 Å². The van der Waals surface area contributed by atoms with Crippen LogP contribution in [-0.2, 0) is 4.79 Å². The molecular formula is C16H22BrNO2. The minimum Gasteiger partial charge on any atom is -0.481 e. The molecule has 1 N–H and O–H groups in total. The summed E-state index contributed by atoms with van der Waals surface area (Å²) in [4.78, 5) is 13.9. The molecule has 0 spiro atoms. The average molecular weight is 340 g/mol. The number of likely N-dealkylation sites (tertiary alicyclic amines) is 1. The SMILES string of the molecule is CCCC1(C(=O)O)CCN(C(C)c2cccc(Br)c2)C1. The molecule has 4 heteroatoms. The van der Waals surface area contributed by atoms with Crippen molar-refractivity contribution in [1.82, 2.24) is 4.90 Å². The van der Waals surface area contributed by atoms with E-state index in [0.717, 1.165) is 30.3 Å². The highest BCUT2D eigenvalue weighted by molar-refractivity contribution is 9.10. The van der Waals surface area contributed by atoms with Gasteiger partial charge in [-0.1, -0.05) is 41.4 Å². The van der Waals surface area contributed by atoms with E-state index < -0.39 is 11.4 Å². The maximum Gasteiger partial charge on any atom is 0.310 e. The number of halogens is 1. The van der Waals surface area contributed by atoms with E-state index in [2.05, 4.69) is 46.8 Å². The topological polar surface area (TPSA) is 40.5 Å². The van der Waals surface area contributed by atoms with Crippen molar-refractivity contribution >= 4 is 21.9 Å². The highest BCUT2D eigenvalue weighted by Gasteiger charge is 2.45. The molecule has 0 amide bonds. The van der Waals surface area contributed by atoms with Crippen molar-refractivity contribution in [3.8, 4) is 0 Å². The van der Waals surface area contributed by atoms with E-state index >= 15 is 0 Å². The fourth-order valence-electron chi connectivity index (χ4n) is 3.18. The van der Waals surface area contributed by atoms with Gasteiger partial charge < -0.3 is 5.11 Å². The lowest BCUT2D eigenvalue weighted by atomic mass is 9.82. The Kier molecular flexibility index (Phi) is 4.86. The van der Waals surface area contributed by atoms with Gasteiger partial charge in [-0.25, -0.2) is 0 Å². The van der Waals surface area contributed by atoms with Gasteiger partial charge in [-0.05, 0) is 44.0 Å². The van der Waals surface area contributed by atoms with Crippen LogP contribution in [-0.4, -0.2) is 29.1 Å². The molecular weight excluding hydrogens is 318 g/mol. The fourth-order valence-corrected chi connectivity index (χ4v) is 3.59. The molecule has 1 heterocycles. The van der Waals surface area contributed by atoms with Crippen molar-refractivity contribution in [1.29, 1.82) is 0 Å². The van der Waals surface area contributed by atoms with Gasteiger partial charge in [-0.3, -0.25) is 9.69 Å². The number of hydrogen-bond donors (Lipinski definition) is 1. The molecule has 0 bridgehead atoms. The van der Waals surface area contributed by atoms with Gasteiger partial charge in [0.05, 0.1) is 5.41 Å². The highest BCUT2D eigenvalue weighted by Crippen LogP contribution is 2.39. The number of carbonyl (C=O) groups is 1. The minimum absolute atomic E-state index is 0.255. The van der Waals surface area contributed by atoms with Crippen LogP contribution in [0.1, 0.15) is 44.7 Å². The summed E-state index contributed by atoms with van der Waals surface area (Å²) in [5, 5.41) is 9.57. The molecule has 110 valence electrons. The summed E-state index contributed by atoms with van der Waals surface area (Å²) in [6.45, 7) is 5.74. The third-order valence-electron chi connectivity index (χ3n) is 4.44. The van der Waals surface area contributed by atoms with Crippen LogP contribution in [0.2, 0.25) is 0 Å². The van der Waals surface area contributed by atoms with Crippen molar-refractivity contribution < 1.29 is 9.90 Å². The maximum absolute atomic E-state index is 11.6. The molecule has 1 aliphatic heterocycles. The third-order valence-corrected chi connectivity index (χ3v) is 4.94. The second-order valence-electron chi connectivity index (χ2n) is 5.79. The van der Waals surface area contributed by atoms with Gasteiger partial charge in [0.25, 0.3) is 0 Å². The van der Waals surface area contributed by atoms with Gasteiger partial charge in [0.15, 0.2) is 0 Å². The summed E-state index contributed by atoms with van der Waals surface area (Å²) in [6.07, 6.45) is 2.45. The maximum atomic E-state index is 11.6. The molecule has 1 fully saturated rings. The first kappa shape index (κ1) is 15.5. The second-order valence-corrected chi connectivity index (χ2v) is 6.70. The number of hydrogen-bond acceptors (Lipinski definition) is 2. The van der Waals surface area contributed by atoms with Crippen molar-refractivity contribution in [3.63, 3.8) is 0 Å². The second kappa shape index (κ2) is 6.27. The van der Waals surface area contributed by atoms with Crippen molar-refractivity contribution in [2.24, 2.45) is 5.41 Å². The highest BCUT2D eigenvalue weighted by atomic mass is 79.9. The lowest BCUT2D eigenvalue weighted by Crippen LogP contribution is -2.35. The van der Waals surface area contributed by atoms with E-state index in [1.165, 1.54) is 5.56 Å². The first-order valence-corrected chi connectivity index (χ1v) is 8.01. The summed E-state index contributed by atoms with van der Waals surface area (Å²) in [7, 11) is 0. The molecule has 0 saturated carbocycles. The summed E-state index contributed by atoms with van der Waals surface area (Å²) in [5.74, 6) is -0.636. The number of carboxylic acids is 1. The van der Waals surface area contributed by atoms with Crippen LogP contribution >= 0.6 is 15.9 Å². The Balaban J connectivity index is 2.14. The van der Waals surface area contributed by atoms with Gasteiger partial charge in [0, 0.05) is 17.1 Å². The summed E-state index contributed by atoms with van der Waals surface area (Å²) < 4.78 is 1.07. The van der Waals surface area contributed by atoms with Crippen LogP contribution in [0.25, 0.3) is 0 Å². The molecule has 1 aromatic rings. The molecule has 20 heavy (non-hydrogen) atoms. The Morgan fingerprint density at radius 3 is 2.90 bits per heavy atom. The van der Waals surface area contributed by atoms with E-state index in [-0.39, 0.29) is 6.04 Å². The average Bonchev–Trinajstić information content (AvgIpc) is 2.84.